The highest BCUT2D eigenvalue weighted by Crippen LogP contribution is 2.15. The maximum atomic E-state index is 13.1. The van der Waals surface area contributed by atoms with Gasteiger partial charge in [0.2, 0.25) is 5.91 Å². The SMILES string of the molecule is Cc1ccn(-c2ccccc2CNC(=O)[C@H]2C[C@H](F)CN2)n1. The van der Waals surface area contributed by atoms with Gasteiger partial charge in [-0.25, -0.2) is 9.07 Å². The van der Waals surface area contributed by atoms with E-state index in [-0.39, 0.29) is 18.9 Å². The number of para-hydroxylation sites is 1. The number of hydrogen-bond donors (Lipinski definition) is 2. The van der Waals surface area contributed by atoms with Gasteiger partial charge in [0.05, 0.1) is 17.4 Å². The number of benzene rings is 1. The van der Waals surface area contributed by atoms with Crippen LogP contribution in [0.2, 0.25) is 0 Å². The molecule has 0 radical (unpaired) electrons. The number of amides is 1. The molecule has 5 nitrogen and oxygen atoms in total. The molecule has 1 fully saturated rings. The Morgan fingerprint density at radius 2 is 2.27 bits per heavy atom. The zero-order valence-corrected chi connectivity index (χ0v) is 12.4. The smallest absolute Gasteiger partial charge is 0.237 e. The summed E-state index contributed by atoms with van der Waals surface area (Å²) in [5.41, 5.74) is 2.83. The van der Waals surface area contributed by atoms with Crippen molar-refractivity contribution in [1.82, 2.24) is 20.4 Å². The summed E-state index contributed by atoms with van der Waals surface area (Å²) >= 11 is 0. The molecule has 1 saturated heterocycles. The van der Waals surface area contributed by atoms with Crippen LogP contribution in [0.3, 0.4) is 0 Å². The number of rotatable bonds is 4. The van der Waals surface area contributed by atoms with Gasteiger partial charge in [0.15, 0.2) is 0 Å². The fraction of sp³-hybridized carbons (Fsp3) is 0.375. The van der Waals surface area contributed by atoms with E-state index in [1.54, 1.807) is 4.68 Å². The van der Waals surface area contributed by atoms with Gasteiger partial charge in [-0.05, 0) is 24.6 Å². The molecule has 0 unspecified atom stereocenters. The number of halogens is 1. The molecule has 3 rings (SSSR count). The summed E-state index contributed by atoms with van der Waals surface area (Å²) in [5, 5.41) is 10.2. The number of nitrogens with zero attached hydrogens (tertiary/aromatic N) is 2. The van der Waals surface area contributed by atoms with Crippen molar-refractivity contribution in [3.63, 3.8) is 0 Å². The molecule has 6 heteroatoms. The molecule has 2 N–H and O–H groups in total. The molecule has 0 spiro atoms. The molecule has 0 aliphatic carbocycles. The van der Waals surface area contributed by atoms with Crippen LogP contribution in [0, 0.1) is 6.92 Å². The third-order valence-electron chi connectivity index (χ3n) is 3.81. The van der Waals surface area contributed by atoms with Crippen LogP contribution in [0.1, 0.15) is 17.7 Å². The number of carbonyl (C=O) groups excluding carboxylic acids is 1. The van der Waals surface area contributed by atoms with Crippen LogP contribution in [0.4, 0.5) is 4.39 Å². The predicted molar refractivity (Wildman–Crippen MR) is 81.5 cm³/mol. The van der Waals surface area contributed by atoms with E-state index in [0.29, 0.717) is 6.54 Å². The molecule has 116 valence electrons. The Bertz CT molecular complexity index is 670. The van der Waals surface area contributed by atoms with E-state index in [2.05, 4.69) is 15.7 Å². The summed E-state index contributed by atoms with van der Waals surface area (Å²) in [6.07, 6.45) is 1.20. The number of hydrogen-bond acceptors (Lipinski definition) is 3. The Kier molecular flexibility index (Phi) is 4.20. The largest absolute Gasteiger partial charge is 0.351 e. The third kappa shape index (κ3) is 3.17. The van der Waals surface area contributed by atoms with Gasteiger partial charge < -0.3 is 10.6 Å². The van der Waals surface area contributed by atoms with E-state index in [0.717, 1.165) is 16.9 Å². The molecule has 1 aliphatic heterocycles. The Morgan fingerprint density at radius 3 is 2.95 bits per heavy atom. The quantitative estimate of drug-likeness (QED) is 0.900. The molecule has 1 aromatic carbocycles. The normalized spacial score (nSPS) is 21.0. The summed E-state index contributed by atoms with van der Waals surface area (Å²) < 4.78 is 14.9. The zero-order valence-electron chi connectivity index (χ0n) is 12.4. The number of aryl methyl sites for hydroxylation is 1. The van der Waals surface area contributed by atoms with Gasteiger partial charge in [0.1, 0.15) is 6.17 Å². The number of alkyl halides is 1. The van der Waals surface area contributed by atoms with E-state index in [4.69, 9.17) is 0 Å². The number of nitrogens with one attached hydrogen (secondary N) is 2. The van der Waals surface area contributed by atoms with E-state index >= 15 is 0 Å². The van der Waals surface area contributed by atoms with E-state index < -0.39 is 12.2 Å². The lowest BCUT2D eigenvalue weighted by atomic mass is 10.1. The third-order valence-corrected chi connectivity index (χ3v) is 3.81. The Hall–Kier alpha value is -2.21. The van der Waals surface area contributed by atoms with Crippen LogP contribution in [0.25, 0.3) is 5.69 Å². The van der Waals surface area contributed by atoms with E-state index in [9.17, 15) is 9.18 Å². The lowest BCUT2D eigenvalue weighted by Gasteiger charge is -2.13. The van der Waals surface area contributed by atoms with Crippen LogP contribution in [-0.4, -0.2) is 34.4 Å². The fourth-order valence-electron chi connectivity index (χ4n) is 2.63. The standard InChI is InChI=1S/C16H19FN4O/c1-11-6-7-21(20-11)15-5-3-2-4-12(15)9-19-16(22)14-8-13(17)10-18-14/h2-7,13-14,18H,8-10H2,1H3,(H,19,22)/t13-,14+/m0/s1. The molecule has 0 bridgehead atoms. The van der Waals surface area contributed by atoms with Crippen LogP contribution < -0.4 is 10.6 Å². The second-order valence-electron chi connectivity index (χ2n) is 5.54. The zero-order chi connectivity index (χ0) is 15.5. The molecule has 2 heterocycles. The molecule has 1 amide bonds. The van der Waals surface area contributed by atoms with Crippen LogP contribution >= 0.6 is 0 Å². The van der Waals surface area contributed by atoms with Gasteiger partial charge in [0.25, 0.3) is 0 Å². The van der Waals surface area contributed by atoms with Gasteiger partial charge >= 0.3 is 0 Å². The number of aromatic nitrogens is 2. The first-order chi connectivity index (χ1) is 10.6. The monoisotopic (exact) mass is 302 g/mol. The summed E-state index contributed by atoms with van der Waals surface area (Å²) in [5.74, 6) is -0.161. The molecule has 0 saturated carbocycles. The summed E-state index contributed by atoms with van der Waals surface area (Å²) in [6, 6.07) is 9.26. The first-order valence-corrected chi connectivity index (χ1v) is 7.39. The minimum Gasteiger partial charge on any atom is -0.351 e. The Labute approximate surface area is 128 Å². The maximum absolute atomic E-state index is 13.1. The molecular formula is C16H19FN4O. The minimum absolute atomic E-state index is 0.161. The molecule has 2 atom stereocenters. The molecule has 22 heavy (non-hydrogen) atoms. The molecule has 1 aliphatic rings. The predicted octanol–water partition coefficient (Wildman–Crippen LogP) is 1.50. The van der Waals surface area contributed by atoms with Gasteiger partial charge in [-0.1, -0.05) is 18.2 Å². The summed E-state index contributed by atoms with van der Waals surface area (Å²) in [6.45, 7) is 2.57. The summed E-state index contributed by atoms with van der Waals surface area (Å²) in [7, 11) is 0. The lowest BCUT2D eigenvalue weighted by Crippen LogP contribution is -2.40. The Balaban J connectivity index is 1.69. The second-order valence-corrected chi connectivity index (χ2v) is 5.54. The second kappa shape index (κ2) is 6.27. The topological polar surface area (TPSA) is 59.0 Å². The van der Waals surface area contributed by atoms with Crippen molar-refractivity contribution in [2.24, 2.45) is 0 Å². The van der Waals surface area contributed by atoms with Crippen molar-refractivity contribution in [2.45, 2.75) is 32.1 Å². The van der Waals surface area contributed by atoms with Crippen molar-refractivity contribution in [1.29, 1.82) is 0 Å². The summed E-state index contributed by atoms with van der Waals surface area (Å²) in [4.78, 5) is 12.1. The van der Waals surface area contributed by atoms with Gasteiger partial charge in [-0.3, -0.25) is 4.79 Å². The van der Waals surface area contributed by atoms with Crippen LogP contribution in [0.5, 0.6) is 0 Å². The molecular weight excluding hydrogens is 283 g/mol. The van der Waals surface area contributed by atoms with Crippen LogP contribution in [-0.2, 0) is 11.3 Å². The Morgan fingerprint density at radius 1 is 1.45 bits per heavy atom. The van der Waals surface area contributed by atoms with Gasteiger partial charge in [-0.2, -0.15) is 5.10 Å². The van der Waals surface area contributed by atoms with Crippen molar-refractivity contribution >= 4 is 5.91 Å². The first kappa shape index (κ1) is 14.7. The van der Waals surface area contributed by atoms with E-state index in [1.807, 2.05) is 43.5 Å². The van der Waals surface area contributed by atoms with E-state index in [1.165, 1.54) is 0 Å². The number of carbonyl (C=O) groups is 1. The van der Waals surface area contributed by atoms with Crippen molar-refractivity contribution in [2.75, 3.05) is 6.54 Å². The maximum Gasteiger partial charge on any atom is 0.237 e. The fourth-order valence-corrected chi connectivity index (χ4v) is 2.63. The highest BCUT2D eigenvalue weighted by molar-refractivity contribution is 5.82. The van der Waals surface area contributed by atoms with Gasteiger partial charge in [-0.15, -0.1) is 0 Å². The highest BCUT2D eigenvalue weighted by atomic mass is 19.1. The van der Waals surface area contributed by atoms with Crippen molar-refractivity contribution < 1.29 is 9.18 Å². The minimum atomic E-state index is -0.935. The van der Waals surface area contributed by atoms with Crippen molar-refractivity contribution in [3.8, 4) is 5.69 Å². The lowest BCUT2D eigenvalue weighted by molar-refractivity contribution is -0.123. The molecule has 1 aromatic heterocycles. The van der Waals surface area contributed by atoms with Crippen LogP contribution in [0.15, 0.2) is 36.5 Å². The van der Waals surface area contributed by atoms with Gasteiger partial charge in [0, 0.05) is 25.7 Å². The first-order valence-electron chi connectivity index (χ1n) is 7.39. The molecule has 2 aromatic rings. The average molecular weight is 302 g/mol. The average Bonchev–Trinajstić information content (AvgIpc) is 3.14. The highest BCUT2D eigenvalue weighted by Gasteiger charge is 2.28. The van der Waals surface area contributed by atoms with Crippen molar-refractivity contribution in [3.05, 3.63) is 47.8 Å².